The first-order valence-corrected chi connectivity index (χ1v) is 14.4. The summed E-state index contributed by atoms with van der Waals surface area (Å²) in [5.74, 6) is -1.21. The molecule has 2 saturated heterocycles. The van der Waals surface area contributed by atoms with E-state index in [1.807, 2.05) is 24.0 Å². The third-order valence-electron chi connectivity index (χ3n) is 8.19. The van der Waals surface area contributed by atoms with Crippen LogP contribution in [0.25, 0.3) is 0 Å². The first-order valence-electron chi connectivity index (χ1n) is 13.4. The Kier molecular flexibility index (Phi) is 7.31. The van der Waals surface area contributed by atoms with Crippen LogP contribution in [0.1, 0.15) is 61.4 Å². The normalized spacial score (nSPS) is 20.1. The average molecular weight is 530 g/mol. The highest BCUT2D eigenvalue weighted by Crippen LogP contribution is 2.54. The van der Waals surface area contributed by atoms with Crippen molar-refractivity contribution >= 4 is 34.7 Å². The molecule has 1 spiro atoms. The van der Waals surface area contributed by atoms with Crippen LogP contribution in [0.3, 0.4) is 0 Å². The molecule has 1 aliphatic carbocycles. The van der Waals surface area contributed by atoms with Crippen LogP contribution in [-0.4, -0.2) is 50.9 Å². The van der Waals surface area contributed by atoms with E-state index < -0.39 is 5.92 Å². The molecule has 3 aliphatic rings. The number of ether oxygens (including phenoxy) is 1. The van der Waals surface area contributed by atoms with Crippen molar-refractivity contribution in [2.75, 3.05) is 54.2 Å². The van der Waals surface area contributed by atoms with Gasteiger partial charge in [-0.3, -0.25) is 4.79 Å². The Hall–Kier alpha value is -2.48. The Balaban J connectivity index is 1.41. The van der Waals surface area contributed by atoms with E-state index in [9.17, 15) is 13.6 Å². The van der Waals surface area contributed by atoms with Crippen molar-refractivity contribution in [1.29, 1.82) is 0 Å². The van der Waals surface area contributed by atoms with Crippen molar-refractivity contribution in [3.8, 4) is 5.75 Å². The standard InChI is InChI=1S/C29H37F2N3O2S/c1-4-37-24-15-20(2)26(25(19-24)34-11-7-28(5-6-28)8-12-34)27(35)32-21-16-22(18-23(17-21)36-3)33-13-9-29(30,31)10-14-33/h15-19H,4-14H2,1-3H3,(H,32,35). The van der Waals surface area contributed by atoms with Crippen molar-refractivity contribution in [3.63, 3.8) is 0 Å². The minimum Gasteiger partial charge on any atom is -0.497 e. The summed E-state index contributed by atoms with van der Waals surface area (Å²) in [6, 6.07) is 9.76. The predicted molar refractivity (Wildman–Crippen MR) is 148 cm³/mol. The summed E-state index contributed by atoms with van der Waals surface area (Å²) in [4.78, 5) is 19.3. The third kappa shape index (κ3) is 5.84. The zero-order valence-electron chi connectivity index (χ0n) is 22.0. The summed E-state index contributed by atoms with van der Waals surface area (Å²) in [5, 5.41) is 3.10. The fourth-order valence-corrected chi connectivity index (χ4v) is 6.46. The number of alkyl halides is 2. The number of aryl methyl sites for hydroxylation is 1. The van der Waals surface area contributed by atoms with Crippen LogP contribution in [0.4, 0.5) is 25.8 Å². The number of carbonyl (C=O) groups excluding carboxylic acids is 1. The first kappa shape index (κ1) is 26.1. The van der Waals surface area contributed by atoms with Crippen molar-refractivity contribution < 1.29 is 18.3 Å². The molecule has 1 amide bonds. The lowest BCUT2D eigenvalue weighted by Crippen LogP contribution is -2.39. The van der Waals surface area contributed by atoms with Gasteiger partial charge in [-0.25, -0.2) is 8.78 Å². The number of carbonyl (C=O) groups is 1. The van der Waals surface area contributed by atoms with Gasteiger partial charge in [0.1, 0.15) is 5.75 Å². The molecule has 8 heteroatoms. The number of amides is 1. The molecule has 5 rings (SSSR count). The van der Waals surface area contributed by atoms with E-state index in [-0.39, 0.29) is 31.8 Å². The molecule has 0 atom stereocenters. The van der Waals surface area contributed by atoms with Gasteiger partial charge in [0.2, 0.25) is 0 Å². The number of hydrogen-bond donors (Lipinski definition) is 1. The number of nitrogens with zero attached hydrogens (tertiary/aromatic N) is 2. The summed E-state index contributed by atoms with van der Waals surface area (Å²) in [6.45, 7) is 6.64. The molecule has 2 aliphatic heterocycles. The van der Waals surface area contributed by atoms with Crippen LogP contribution in [0.15, 0.2) is 35.2 Å². The van der Waals surface area contributed by atoms with Gasteiger partial charge in [0.05, 0.1) is 18.4 Å². The molecular formula is C29H37F2N3O2S. The summed E-state index contributed by atoms with van der Waals surface area (Å²) < 4.78 is 32.9. The topological polar surface area (TPSA) is 44.8 Å². The Morgan fingerprint density at radius 3 is 2.27 bits per heavy atom. The summed E-state index contributed by atoms with van der Waals surface area (Å²) >= 11 is 1.79. The Bertz CT molecular complexity index is 1150. The molecule has 5 nitrogen and oxygen atoms in total. The SMILES string of the molecule is CCSc1cc(C)c(C(=O)Nc2cc(OC)cc(N3CCC(F)(F)CC3)c2)c(N2CCC3(CC2)CC3)c1. The second-order valence-electron chi connectivity index (χ2n) is 10.8. The molecule has 2 aromatic carbocycles. The van der Waals surface area contributed by atoms with Gasteiger partial charge in [-0.2, -0.15) is 0 Å². The van der Waals surface area contributed by atoms with E-state index in [1.54, 1.807) is 24.9 Å². The molecule has 37 heavy (non-hydrogen) atoms. The van der Waals surface area contributed by atoms with Gasteiger partial charge in [0, 0.05) is 67.4 Å². The van der Waals surface area contributed by atoms with E-state index in [2.05, 4.69) is 29.3 Å². The van der Waals surface area contributed by atoms with Crippen molar-refractivity contribution in [2.45, 2.75) is 63.2 Å². The van der Waals surface area contributed by atoms with E-state index in [0.717, 1.165) is 35.8 Å². The van der Waals surface area contributed by atoms with Crippen LogP contribution in [0.5, 0.6) is 5.75 Å². The Morgan fingerprint density at radius 2 is 1.65 bits per heavy atom. The van der Waals surface area contributed by atoms with Gasteiger partial charge in [0.15, 0.2) is 0 Å². The fraction of sp³-hybridized carbons (Fsp3) is 0.552. The molecule has 0 aromatic heterocycles. The third-order valence-corrected chi connectivity index (χ3v) is 9.05. The highest BCUT2D eigenvalue weighted by atomic mass is 32.2. The number of nitrogens with one attached hydrogen (secondary N) is 1. The Morgan fingerprint density at radius 1 is 0.973 bits per heavy atom. The molecule has 0 radical (unpaired) electrons. The summed E-state index contributed by atoms with van der Waals surface area (Å²) in [5.41, 5.74) is 4.60. The number of anilines is 3. The van der Waals surface area contributed by atoms with Crippen molar-refractivity contribution in [2.24, 2.45) is 5.41 Å². The van der Waals surface area contributed by atoms with Gasteiger partial charge >= 0.3 is 0 Å². The number of methoxy groups -OCH3 is 1. The highest BCUT2D eigenvalue weighted by molar-refractivity contribution is 7.99. The number of benzene rings is 2. The minimum absolute atomic E-state index is 0.156. The molecule has 1 N–H and O–H groups in total. The number of piperidine rings is 2. The lowest BCUT2D eigenvalue weighted by molar-refractivity contribution is -0.0220. The number of halogens is 2. The quantitative estimate of drug-likeness (QED) is 0.392. The van der Waals surface area contributed by atoms with Crippen LogP contribution < -0.4 is 19.9 Å². The van der Waals surface area contributed by atoms with Crippen LogP contribution in [0.2, 0.25) is 0 Å². The molecule has 0 bridgehead atoms. The van der Waals surface area contributed by atoms with Gasteiger partial charge in [-0.1, -0.05) is 6.92 Å². The minimum atomic E-state index is -2.61. The largest absolute Gasteiger partial charge is 0.497 e. The molecular weight excluding hydrogens is 492 g/mol. The predicted octanol–water partition coefficient (Wildman–Crippen LogP) is 6.98. The average Bonchev–Trinajstić information content (AvgIpc) is 3.62. The maximum absolute atomic E-state index is 13.8. The number of rotatable bonds is 7. The van der Waals surface area contributed by atoms with Crippen LogP contribution in [-0.2, 0) is 0 Å². The first-order chi connectivity index (χ1) is 17.7. The Labute approximate surface area is 222 Å². The van der Waals surface area contributed by atoms with Crippen molar-refractivity contribution in [1.82, 2.24) is 0 Å². The second kappa shape index (κ2) is 10.4. The molecule has 200 valence electrons. The lowest BCUT2D eigenvalue weighted by atomic mass is 9.92. The molecule has 1 saturated carbocycles. The molecule has 2 heterocycles. The lowest BCUT2D eigenvalue weighted by Gasteiger charge is -2.35. The van der Waals surface area contributed by atoms with E-state index in [0.29, 0.717) is 22.4 Å². The molecule has 2 aromatic rings. The van der Waals surface area contributed by atoms with E-state index in [1.165, 1.54) is 30.6 Å². The van der Waals surface area contributed by atoms with E-state index in [4.69, 9.17) is 4.74 Å². The maximum atomic E-state index is 13.8. The highest BCUT2D eigenvalue weighted by Gasteiger charge is 2.44. The van der Waals surface area contributed by atoms with E-state index >= 15 is 0 Å². The maximum Gasteiger partial charge on any atom is 0.258 e. The zero-order chi connectivity index (χ0) is 26.2. The summed E-state index contributed by atoms with van der Waals surface area (Å²) in [6.07, 6.45) is 4.71. The van der Waals surface area contributed by atoms with Crippen molar-refractivity contribution in [3.05, 3.63) is 41.5 Å². The van der Waals surface area contributed by atoms with Crippen LogP contribution >= 0.6 is 11.8 Å². The molecule has 0 unspecified atom stereocenters. The molecule has 3 fully saturated rings. The van der Waals surface area contributed by atoms with Gasteiger partial charge in [-0.15, -0.1) is 11.8 Å². The number of hydrogen-bond acceptors (Lipinski definition) is 5. The smallest absolute Gasteiger partial charge is 0.258 e. The van der Waals surface area contributed by atoms with Crippen LogP contribution in [0, 0.1) is 12.3 Å². The fourth-order valence-electron chi connectivity index (χ4n) is 5.67. The van der Waals surface area contributed by atoms with Gasteiger partial charge in [0.25, 0.3) is 11.8 Å². The summed E-state index contributed by atoms with van der Waals surface area (Å²) in [7, 11) is 1.57. The van der Waals surface area contributed by atoms with Gasteiger partial charge in [-0.05, 0) is 67.5 Å². The zero-order valence-corrected chi connectivity index (χ0v) is 22.9. The van der Waals surface area contributed by atoms with Gasteiger partial charge < -0.3 is 19.9 Å². The monoisotopic (exact) mass is 529 g/mol. The number of thioether (sulfide) groups is 1. The second-order valence-corrected chi connectivity index (χ2v) is 12.1.